The number of aryl methyl sites for hydroxylation is 1. The van der Waals surface area contributed by atoms with Crippen molar-refractivity contribution in [1.82, 2.24) is 5.32 Å². The monoisotopic (exact) mass is 434 g/mol. The standard InChI is InChI=1S/C20H23BrN2O4/c1-12(2)27-17-8-5-14(10-18(17)26-4)20(25)22-11-19(24)23-16-7-6-15(21)9-13(16)3/h5-10,12H,11H2,1-4H3,(H,22,25)(H,23,24). The SMILES string of the molecule is COc1cc(C(=O)NCC(=O)Nc2ccc(Br)cc2C)ccc1OC(C)C. The first-order valence-electron chi connectivity index (χ1n) is 8.49. The van der Waals surface area contributed by atoms with E-state index in [1.54, 1.807) is 24.3 Å². The Morgan fingerprint density at radius 2 is 1.85 bits per heavy atom. The molecule has 0 radical (unpaired) electrons. The number of hydrogen-bond donors (Lipinski definition) is 2. The fraction of sp³-hybridized carbons (Fsp3) is 0.300. The lowest BCUT2D eigenvalue weighted by Crippen LogP contribution is -2.33. The molecule has 2 rings (SSSR count). The molecule has 0 aliphatic heterocycles. The fourth-order valence-corrected chi connectivity index (χ4v) is 2.86. The van der Waals surface area contributed by atoms with Crippen LogP contribution in [0.3, 0.4) is 0 Å². The van der Waals surface area contributed by atoms with Gasteiger partial charge in [0.05, 0.1) is 19.8 Å². The Hall–Kier alpha value is -2.54. The van der Waals surface area contributed by atoms with Crippen LogP contribution in [0.4, 0.5) is 5.69 Å². The molecule has 0 fully saturated rings. The van der Waals surface area contributed by atoms with Crippen LogP contribution in [0.2, 0.25) is 0 Å². The molecular weight excluding hydrogens is 412 g/mol. The van der Waals surface area contributed by atoms with Gasteiger partial charge in [0.1, 0.15) is 0 Å². The van der Waals surface area contributed by atoms with Gasteiger partial charge < -0.3 is 20.1 Å². The second-order valence-electron chi connectivity index (χ2n) is 6.22. The number of methoxy groups -OCH3 is 1. The van der Waals surface area contributed by atoms with Crippen molar-refractivity contribution in [2.75, 3.05) is 19.0 Å². The second kappa shape index (κ2) is 9.41. The lowest BCUT2D eigenvalue weighted by molar-refractivity contribution is -0.115. The minimum atomic E-state index is -0.368. The number of benzene rings is 2. The van der Waals surface area contributed by atoms with Crippen molar-refractivity contribution >= 4 is 33.4 Å². The van der Waals surface area contributed by atoms with E-state index in [1.165, 1.54) is 7.11 Å². The summed E-state index contributed by atoms with van der Waals surface area (Å²) in [5.41, 5.74) is 2.01. The molecule has 7 heteroatoms. The van der Waals surface area contributed by atoms with Crippen molar-refractivity contribution in [1.29, 1.82) is 0 Å². The lowest BCUT2D eigenvalue weighted by Gasteiger charge is -2.14. The van der Waals surface area contributed by atoms with Gasteiger partial charge in [-0.05, 0) is 62.7 Å². The Labute approximate surface area is 167 Å². The number of nitrogens with one attached hydrogen (secondary N) is 2. The van der Waals surface area contributed by atoms with Gasteiger partial charge in [-0.2, -0.15) is 0 Å². The first-order valence-corrected chi connectivity index (χ1v) is 9.28. The molecule has 27 heavy (non-hydrogen) atoms. The third kappa shape index (κ3) is 5.99. The summed E-state index contributed by atoms with van der Waals surface area (Å²) in [7, 11) is 1.51. The van der Waals surface area contributed by atoms with Crippen LogP contribution >= 0.6 is 15.9 Å². The zero-order valence-electron chi connectivity index (χ0n) is 15.8. The molecule has 2 aromatic rings. The largest absolute Gasteiger partial charge is 0.493 e. The number of anilines is 1. The van der Waals surface area contributed by atoms with Crippen LogP contribution in [-0.4, -0.2) is 31.6 Å². The molecule has 0 atom stereocenters. The zero-order valence-corrected chi connectivity index (χ0v) is 17.3. The number of halogens is 1. The van der Waals surface area contributed by atoms with E-state index in [-0.39, 0.29) is 24.5 Å². The van der Waals surface area contributed by atoms with E-state index >= 15 is 0 Å². The van der Waals surface area contributed by atoms with Crippen molar-refractivity contribution < 1.29 is 19.1 Å². The molecule has 0 spiro atoms. The first-order chi connectivity index (χ1) is 12.8. The molecule has 2 aromatic carbocycles. The van der Waals surface area contributed by atoms with Crippen LogP contribution < -0.4 is 20.1 Å². The van der Waals surface area contributed by atoms with Gasteiger partial charge in [-0.15, -0.1) is 0 Å². The van der Waals surface area contributed by atoms with E-state index in [0.717, 1.165) is 10.0 Å². The Morgan fingerprint density at radius 3 is 2.48 bits per heavy atom. The molecule has 6 nitrogen and oxygen atoms in total. The maximum absolute atomic E-state index is 12.3. The molecule has 0 aliphatic carbocycles. The van der Waals surface area contributed by atoms with Gasteiger partial charge in [0.2, 0.25) is 5.91 Å². The lowest BCUT2D eigenvalue weighted by atomic mass is 10.2. The number of ether oxygens (including phenoxy) is 2. The third-order valence-electron chi connectivity index (χ3n) is 3.66. The van der Waals surface area contributed by atoms with Crippen LogP contribution in [0, 0.1) is 6.92 Å². The van der Waals surface area contributed by atoms with E-state index < -0.39 is 0 Å². The van der Waals surface area contributed by atoms with Crippen LogP contribution in [0.15, 0.2) is 40.9 Å². The number of hydrogen-bond acceptors (Lipinski definition) is 4. The van der Waals surface area contributed by atoms with Gasteiger partial charge >= 0.3 is 0 Å². The number of amides is 2. The van der Waals surface area contributed by atoms with Crippen molar-refractivity contribution in [3.8, 4) is 11.5 Å². The highest BCUT2D eigenvalue weighted by Crippen LogP contribution is 2.29. The van der Waals surface area contributed by atoms with Gasteiger partial charge in [-0.1, -0.05) is 15.9 Å². The number of carbonyl (C=O) groups is 2. The molecule has 144 valence electrons. The summed E-state index contributed by atoms with van der Waals surface area (Å²) in [6.45, 7) is 5.57. The molecule has 2 N–H and O–H groups in total. The molecule has 0 aliphatic rings. The van der Waals surface area contributed by atoms with Crippen LogP contribution in [0.1, 0.15) is 29.8 Å². The summed E-state index contributed by atoms with van der Waals surface area (Å²) in [6, 6.07) is 10.4. The molecule has 0 unspecified atom stereocenters. The van der Waals surface area contributed by atoms with Crippen LogP contribution in [0.25, 0.3) is 0 Å². The predicted octanol–water partition coefficient (Wildman–Crippen LogP) is 3.92. The molecule has 0 heterocycles. The summed E-state index contributed by atoms with van der Waals surface area (Å²) in [5, 5.41) is 5.38. The molecule has 0 bridgehead atoms. The van der Waals surface area contributed by atoms with Crippen molar-refractivity contribution in [3.05, 3.63) is 52.0 Å². The Bertz CT molecular complexity index is 837. The maximum Gasteiger partial charge on any atom is 0.251 e. The van der Waals surface area contributed by atoms with Gasteiger partial charge in [0.25, 0.3) is 5.91 Å². The zero-order chi connectivity index (χ0) is 20.0. The van der Waals surface area contributed by atoms with Crippen molar-refractivity contribution in [3.63, 3.8) is 0 Å². The van der Waals surface area contributed by atoms with E-state index in [4.69, 9.17) is 9.47 Å². The average molecular weight is 435 g/mol. The first kappa shape index (κ1) is 20.8. The van der Waals surface area contributed by atoms with E-state index in [2.05, 4.69) is 26.6 Å². The molecular formula is C20H23BrN2O4. The average Bonchev–Trinajstić information content (AvgIpc) is 2.62. The van der Waals surface area contributed by atoms with Gasteiger partial charge in [-0.25, -0.2) is 0 Å². The highest BCUT2D eigenvalue weighted by molar-refractivity contribution is 9.10. The second-order valence-corrected chi connectivity index (χ2v) is 7.14. The van der Waals surface area contributed by atoms with E-state index in [0.29, 0.717) is 22.7 Å². The van der Waals surface area contributed by atoms with Crippen molar-refractivity contribution in [2.45, 2.75) is 26.9 Å². The minimum absolute atomic E-state index is 0.00987. The van der Waals surface area contributed by atoms with Crippen LogP contribution in [-0.2, 0) is 4.79 Å². The number of rotatable bonds is 7. The summed E-state index contributed by atoms with van der Waals surface area (Å²) >= 11 is 3.38. The van der Waals surface area contributed by atoms with Crippen molar-refractivity contribution in [2.24, 2.45) is 0 Å². The van der Waals surface area contributed by atoms with E-state index in [9.17, 15) is 9.59 Å². The molecule has 2 amide bonds. The van der Waals surface area contributed by atoms with Gasteiger partial charge in [0.15, 0.2) is 11.5 Å². The quantitative estimate of drug-likeness (QED) is 0.691. The number of carbonyl (C=O) groups excluding carboxylic acids is 2. The Morgan fingerprint density at radius 1 is 1.11 bits per heavy atom. The predicted molar refractivity (Wildman–Crippen MR) is 109 cm³/mol. The normalized spacial score (nSPS) is 10.4. The third-order valence-corrected chi connectivity index (χ3v) is 4.15. The highest BCUT2D eigenvalue weighted by atomic mass is 79.9. The smallest absolute Gasteiger partial charge is 0.251 e. The maximum atomic E-state index is 12.3. The summed E-state index contributed by atoms with van der Waals surface area (Å²) in [5.74, 6) is 0.353. The van der Waals surface area contributed by atoms with Crippen LogP contribution in [0.5, 0.6) is 11.5 Å². The fourth-order valence-electron chi connectivity index (χ4n) is 2.38. The summed E-state index contributed by atoms with van der Waals surface area (Å²) < 4.78 is 11.8. The summed E-state index contributed by atoms with van der Waals surface area (Å²) in [4.78, 5) is 24.4. The Balaban J connectivity index is 1.97. The molecule has 0 saturated carbocycles. The van der Waals surface area contributed by atoms with Gasteiger partial charge in [-0.3, -0.25) is 9.59 Å². The van der Waals surface area contributed by atoms with E-state index in [1.807, 2.05) is 32.9 Å². The molecule has 0 aromatic heterocycles. The topological polar surface area (TPSA) is 76.7 Å². The summed E-state index contributed by atoms with van der Waals surface area (Å²) in [6.07, 6.45) is -0.00987. The highest BCUT2D eigenvalue weighted by Gasteiger charge is 2.13. The Kier molecular flexibility index (Phi) is 7.24. The van der Waals surface area contributed by atoms with Gasteiger partial charge in [0, 0.05) is 15.7 Å². The molecule has 0 saturated heterocycles. The minimum Gasteiger partial charge on any atom is -0.493 e.